The van der Waals surface area contributed by atoms with Crippen LogP contribution in [0.15, 0.2) is 16.7 Å². The first-order valence-corrected chi connectivity index (χ1v) is 6.48. The van der Waals surface area contributed by atoms with Crippen LogP contribution in [0.1, 0.15) is 39.0 Å². The quantitative estimate of drug-likeness (QED) is 0.792. The van der Waals surface area contributed by atoms with Crippen molar-refractivity contribution in [3.8, 4) is 0 Å². The fraction of sp³-hybridized carbons (Fsp3) is 0.714. The Morgan fingerprint density at radius 2 is 2.00 bits per heavy atom. The summed E-state index contributed by atoms with van der Waals surface area (Å²) >= 11 is 0. The van der Waals surface area contributed by atoms with Crippen molar-refractivity contribution in [3.63, 3.8) is 0 Å². The van der Waals surface area contributed by atoms with Crippen LogP contribution in [-0.2, 0) is 13.1 Å². The van der Waals surface area contributed by atoms with Gasteiger partial charge in [0, 0.05) is 24.7 Å². The third kappa shape index (κ3) is 4.52. The Morgan fingerprint density at radius 1 is 1.29 bits per heavy atom. The Kier molecular flexibility index (Phi) is 5.72. The van der Waals surface area contributed by atoms with E-state index < -0.39 is 0 Å². The average Bonchev–Trinajstić information content (AvgIpc) is 2.64. The molecular weight excluding hydrogens is 212 g/mol. The Labute approximate surface area is 105 Å². The van der Waals surface area contributed by atoms with Crippen molar-refractivity contribution in [1.29, 1.82) is 0 Å². The SMILES string of the molecule is CNCc1occc1CN(CC(C)C)C(C)C. The summed E-state index contributed by atoms with van der Waals surface area (Å²) in [6, 6.07) is 2.65. The van der Waals surface area contributed by atoms with Crippen molar-refractivity contribution >= 4 is 0 Å². The molecule has 0 radical (unpaired) electrons. The highest BCUT2D eigenvalue weighted by Gasteiger charge is 2.15. The van der Waals surface area contributed by atoms with Gasteiger partial charge in [-0.3, -0.25) is 4.90 Å². The molecule has 0 saturated carbocycles. The van der Waals surface area contributed by atoms with E-state index >= 15 is 0 Å². The second-order valence-electron chi connectivity index (χ2n) is 5.32. The van der Waals surface area contributed by atoms with E-state index in [4.69, 9.17) is 4.42 Å². The molecule has 0 spiro atoms. The molecule has 3 nitrogen and oxygen atoms in total. The molecule has 0 bridgehead atoms. The van der Waals surface area contributed by atoms with Crippen LogP contribution in [0.4, 0.5) is 0 Å². The fourth-order valence-corrected chi connectivity index (χ4v) is 1.97. The summed E-state index contributed by atoms with van der Waals surface area (Å²) in [7, 11) is 1.95. The molecule has 0 saturated heterocycles. The highest BCUT2D eigenvalue weighted by Crippen LogP contribution is 2.16. The summed E-state index contributed by atoms with van der Waals surface area (Å²) < 4.78 is 5.50. The summed E-state index contributed by atoms with van der Waals surface area (Å²) in [5.41, 5.74) is 1.30. The monoisotopic (exact) mass is 238 g/mol. The lowest BCUT2D eigenvalue weighted by atomic mass is 10.1. The minimum absolute atomic E-state index is 0.565. The predicted octanol–water partition coefficient (Wildman–Crippen LogP) is 2.87. The van der Waals surface area contributed by atoms with Crippen molar-refractivity contribution in [2.24, 2.45) is 5.92 Å². The molecule has 1 aromatic heterocycles. The number of hydrogen-bond donors (Lipinski definition) is 1. The van der Waals surface area contributed by atoms with Gasteiger partial charge in [0.05, 0.1) is 12.8 Å². The largest absolute Gasteiger partial charge is 0.468 e. The molecule has 0 aliphatic heterocycles. The summed E-state index contributed by atoms with van der Waals surface area (Å²) in [6.07, 6.45) is 1.79. The number of furan rings is 1. The molecule has 0 aliphatic rings. The molecule has 1 heterocycles. The van der Waals surface area contributed by atoms with Crippen molar-refractivity contribution in [2.45, 2.75) is 46.8 Å². The Hall–Kier alpha value is -0.800. The summed E-state index contributed by atoms with van der Waals surface area (Å²) in [4.78, 5) is 2.49. The van der Waals surface area contributed by atoms with E-state index in [-0.39, 0.29) is 0 Å². The minimum atomic E-state index is 0.565. The van der Waals surface area contributed by atoms with E-state index in [0.717, 1.165) is 25.4 Å². The zero-order valence-electron chi connectivity index (χ0n) is 11.8. The average molecular weight is 238 g/mol. The van der Waals surface area contributed by atoms with Crippen LogP contribution in [0.3, 0.4) is 0 Å². The molecule has 1 N–H and O–H groups in total. The standard InChI is InChI=1S/C14H26N2O/c1-11(2)9-16(12(3)4)10-13-6-7-17-14(13)8-15-5/h6-7,11-12,15H,8-10H2,1-5H3. The molecule has 0 unspecified atom stereocenters. The molecule has 17 heavy (non-hydrogen) atoms. The van der Waals surface area contributed by atoms with Crippen LogP contribution in [-0.4, -0.2) is 24.5 Å². The number of nitrogens with one attached hydrogen (secondary N) is 1. The van der Waals surface area contributed by atoms with Gasteiger partial charge in [-0.1, -0.05) is 13.8 Å². The van der Waals surface area contributed by atoms with Crippen LogP contribution >= 0.6 is 0 Å². The molecule has 0 amide bonds. The second kappa shape index (κ2) is 6.82. The van der Waals surface area contributed by atoms with Gasteiger partial charge in [0.1, 0.15) is 5.76 Å². The van der Waals surface area contributed by atoms with Crippen molar-refractivity contribution in [1.82, 2.24) is 10.2 Å². The van der Waals surface area contributed by atoms with Crippen LogP contribution in [0.5, 0.6) is 0 Å². The number of rotatable bonds is 7. The molecule has 0 aromatic carbocycles. The maximum absolute atomic E-state index is 5.50. The first-order chi connectivity index (χ1) is 8.04. The Morgan fingerprint density at radius 3 is 2.53 bits per heavy atom. The fourth-order valence-electron chi connectivity index (χ4n) is 1.97. The molecule has 98 valence electrons. The maximum atomic E-state index is 5.50. The van der Waals surface area contributed by atoms with Gasteiger partial charge in [-0.25, -0.2) is 0 Å². The van der Waals surface area contributed by atoms with Crippen LogP contribution in [0.2, 0.25) is 0 Å². The third-order valence-electron chi connectivity index (χ3n) is 2.88. The highest BCUT2D eigenvalue weighted by molar-refractivity contribution is 5.16. The summed E-state index contributed by atoms with van der Waals surface area (Å²) in [5, 5.41) is 3.14. The Bertz CT molecular complexity index is 318. The lowest BCUT2D eigenvalue weighted by Crippen LogP contribution is -2.33. The topological polar surface area (TPSA) is 28.4 Å². The predicted molar refractivity (Wildman–Crippen MR) is 71.9 cm³/mol. The molecule has 0 atom stereocenters. The number of nitrogens with zero attached hydrogens (tertiary/aromatic N) is 1. The van der Waals surface area contributed by atoms with E-state index in [9.17, 15) is 0 Å². The van der Waals surface area contributed by atoms with Gasteiger partial charge >= 0.3 is 0 Å². The first kappa shape index (κ1) is 14.3. The van der Waals surface area contributed by atoms with Crippen LogP contribution < -0.4 is 5.32 Å². The maximum Gasteiger partial charge on any atom is 0.122 e. The molecular formula is C14H26N2O. The first-order valence-electron chi connectivity index (χ1n) is 6.48. The normalized spacial score (nSPS) is 12.0. The summed E-state index contributed by atoms with van der Waals surface area (Å²) in [5.74, 6) is 1.75. The van der Waals surface area contributed by atoms with E-state index in [1.165, 1.54) is 5.56 Å². The van der Waals surface area contributed by atoms with Gasteiger partial charge < -0.3 is 9.73 Å². The molecule has 3 heteroatoms. The zero-order valence-corrected chi connectivity index (χ0v) is 11.8. The molecule has 1 rings (SSSR count). The van der Waals surface area contributed by atoms with E-state index in [1.807, 2.05) is 7.05 Å². The highest BCUT2D eigenvalue weighted by atomic mass is 16.3. The Balaban J connectivity index is 2.68. The summed E-state index contributed by atoms with van der Waals surface area (Å²) in [6.45, 7) is 11.9. The molecule has 1 aromatic rings. The minimum Gasteiger partial charge on any atom is -0.468 e. The van der Waals surface area contributed by atoms with Gasteiger partial charge in [0.2, 0.25) is 0 Å². The van der Waals surface area contributed by atoms with Crippen LogP contribution in [0, 0.1) is 5.92 Å². The number of hydrogen-bond acceptors (Lipinski definition) is 3. The van der Waals surface area contributed by atoms with Gasteiger partial charge in [0.15, 0.2) is 0 Å². The molecule has 0 fully saturated rings. The van der Waals surface area contributed by atoms with E-state index in [0.29, 0.717) is 12.0 Å². The van der Waals surface area contributed by atoms with Crippen molar-refractivity contribution in [2.75, 3.05) is 13.6 Å². The van der Waals surface area contributed by atoms with Crippen molar-refractivity contribution in [3.05, 3.63) is 23.7 Å². The lowest BCUT2D eigenvalue weighted by Gasteiger charge is -2.28. The molecule has 0 aliphatic carbocycles. The van der Waals surface area contributed by atoms with Gasteiger partial charge in [-0.05, 0) is 32.9 Å². The second-order valence-corrected chi connectivity index (χ2v) is 5.32. The van der Waals surface area contributed by atoms with Gasteiger partial charge in [-0.2, -0.15) is 0 Å². The van der Waals surface area contributed by atoms with Gasteiger partial charge in [0.25, 0.3) is 0 Å². The smallest absolute Gasteiger partial charge is 0.122 e. The zero-order chi connectivity index (χ0) is 12.8. The van der Waals surface area contributed by atoms with E-state index in [1.54, 1.807) is 6.26 Å². The third-order valence-corrected chi connectivity index (χ3v) is 2.88. The van der Waals surface area contributed by atoms with Crippen LogP contribution in [0.25, 0.3) is 0 Å². The van der Waals surface area contributed by atoms with E-state index in [2.05, 4.69) is 44.0 Å². The van der Waals surface area contributed by atoms with Gasteiger partial charge in [-0.15, -0.1) is 0 Å². The lowest BCUT2D eigenvalue weighted by molar-refractivity contribution is 0.188. The van der Waals surface area contributed by atoms with Crippen molar-refractivity contribution < 1.29 is 4.42 Å².